The first kappa shape index (κ1) is 22.8. The Morgan fingerprint density at radius 1 is 1.03 bits per heavy atom. The van der Waals surface area contributed by atoms with Crippen LogP contribution in [-0.4, -0.2) is 30.3 Å². The van der Waals surface area contributed by atoms with E-state index in [2.05, 4.69) is 31.9 Å². The van der Waals surface area contributed by atoms with Crippen molar-refractivity contribution in [1.82, 2.24) is 4.90 Å². The maximum Gasteiger partial charge on any atom is 0.163 e. The van der Waals surface area contributed by atoms with Gasteiger partial charge < -0.3 is 19.0 Å². The van der Waals surface area contributed by atoms with Crippen molar-refractivity contribution in [2.45, 2.75) is 52.4 Å². The minimum atomic E-state index is -1.36. The maximum absolute atomic E-state index is 11.0. The zero-order valence-corrected chi connectivity index (χ0v) is 18.4. The minimum Gasteiger partial charge on any atom is -0.497 e. The summed E-state index contributed by atoms with van der Waals surface area (Å²) in [6.07, 6.45) is 0. The number of ether oxygens (including phenoxy) is 2. The summed E-state index contributed by atoms with van der Waals surface area (Å²) < 4.78 is 16.8. The number of hydrogen-bond acceptors (Lipinski definition) is 5. The number of methoxy groups -OCH3 is 2. The lowest BCUT2D eigenvalue weighted by Gasteiger charge is -2.28. The lowest BCUT2D eigenvalue weighted by Crippen LogP contribution is -2.30. The van der Waals surface area contributed by atoms with E-state index in [1.165, 1.54) is 0 Å². The van der Waals surface area contributed by atoms with Gasteiger partial charge in [0.1, 0.15) is 23.0 Å². The van der Waals surface area contributed by atoms with Crippen LogP contribution >= 0.6 is 0 Å². The highest BCUT2D eigenvalue weighted by molar-refractivity contribution is 5.38. The summed E-state index contributed by atoms with van der Waals surface area (Å²) in [4.78, 5) is 2.28. The Kier molecular flexibility index (Phi) is 7.33. The maximum atomic E-state index is 11.0. The fourth-order valence-electron chi connectivity index (χ4n) is 3.26. The number of nitrogens with zero attached hydrogens (tertiary/aromatic N) is 1. The average Bonchev–Trinajstić information content (AvgIpc) is 3.14. The summed E-state index contributed by atoms with van der Waals surface area (Å²) in [5.41, 5.74) is 0.883. The van der Waals surface area contributed by atoms with Gasteiger partial charge in [-0.1, -0.05) is 13.2 Å². The lowest BCUT2D eigenvalue weighted by molar-refractivity contribution is 0.0868. The van der Waals surface area contributed by atoms with Crippen LogP contribution in [0, 0.1) is 0 Å². The van der Waals surface area contributed by atoms with E-state index in [1.807, 2.05) is 24.3 Å². The molecule has 0 spiro atoms. The van der Waals surface area contributed by atoms with E-state index in [1.54, 1.807) is 34.1 Å². The fourth-order valence-corrected chi connectivity index (χ4v) is 3.26. The van der Waals surface area contributed by atoms with Crippen LogP contribution < -0.4 is 9.47 Å². The molecule has 0 aliphatic heterocycles. The number of aliphatic hydroxyl groups is 1. The summed E-state index contributed by atoms with van der Waals surface area (Å²) in [5, 5.41) is 11.0. The SMILES string of the molecule is C=C(C)C(O)(C(=C)C)c1ccc(CN(Cc2cc(OC)cc(OC)c2)C(C)C)o1. The molecule has 0 saturated carbocycles. The van der Waals surface area contributed by atoms with E-state index in [0.29, 0.717) is 30.0 Å². The minimum absolute atomic E-state index is 0.280. The molecule has 0 aliphatic carbocycles. The van der Waals surface area contributed by atoms with Crippen molar-refractivity contribution < 1.29 is 19.0 Å². The van der Waals surface area contributed by atoms with Crippen molar-refractivity contribution in [2.24, 2.45) is 0 Å². The van der Waals surface area contributed by atoms with Crippen molar-refractivity contribution in [1.29, 1.82) is 0 Å². The molecular formula is C24H33NO4. The Hall–Kier alpha value is -2.50. The zero-order chi connectivity index (χ0) is 21.8. The van der Waals surface area contributed by atoms with E-state index in [9.17, 15) is 5.11 Å². The van der Waals surface area contributed by atoms with Gasteiger partial charge in [0.05, 0.1) is 20.8 Å². The summed E-state index contributed by atoms with van der Waals surface area (Å²) >= 11 is 0. The quantitative estimate of drug-likeness (QED) is 0.567. The highest BCUT2D eigenvalue weighted by Gasteiger charge is 2.35. The first-order chi connectivity index (χ1) is 13.6. The molecule has 158 valence electrons. The number of furan rings is 1. The smallest absolute Gasteiger partial charge is 0.163 e. The fraction of sp³-hybridized carbons (Fsp3) is 0.417. The Morgan fingerprint density at radius 3 is 2.03 bits per heavy atom. The van der Waals surface area contributed by atoms with Gasteiger partial charge >= 0.3 is 0 Å². The molecule has 1 N–H and O–H groups in total. The van der Waals surface area contributed by atoms with Gasteiger partial charge in [-0.2, -0.15) is 0 Å². The average molecular weight is 400 g/mol. The second-order valence-corrected chi connectivity index (χ2v) is 7.76. The van der Waals surface area contributed by atoms with Crippen LogP contribution in [0.15, 0.2) is 59.1 Å². The van der Waals surface area contributed by atoms with Crippen LogP contribution in [0.1, 0.15) is 44.8 Å². The molecule has 1 heterocycles. The monoisotopic (exact) mass is 399 g/mol. The predicted octanol–water partition coefficient (Wildman–Crippen LogP) is 5.05. The van der Waals surface area contributed by atoms with Crippen molar-refractivity contribution >= 4 is 0 Å². The van der Waals surface area contributed by atoms with Gasteiger partial charge in [0.25, 0.3) is 0 Å². The van der Waals surface area contributed by atoms with E-state index in [4.69, 9.17) is 13.9 Å². The van der Waals surface area contributed by atoms with Crippen molar-refractivity contribution in [3.05, 3.63) is 71.7 Å². The Morgan fingerprint density at radius 2 is 1.59 bits per heavy atom. The van der Waals surface area contributed by atoms with E-state index >= 15 is 0 Å². The third kappa shape index (κ3) is 5.11. The van der Waals surface area contributed by atoms with Gasteiger partial charge in [0.2, 0.25) is 0 Å². The van der Waals surface area contributed by atoms with Crippen LogP contribution in [0.25, 0.3) is 0 Å². The van der Waals surface area contributed by atoms with Gasteiger partial charge in [0.15, 0.2) is 5.60 Å². The molecule has 0 saturated heterocycles. The van der Waals surface area contributed by atoms with E-state index < -0.39 is 5.60 Å². The van der Waals surface area contributed by atoms with Crippen LogP contribution in [-0.2, 0) is 18.7 Å². The van der Waals surface area contributed by atoms with Gasteiger partial charge in [-0.3, -0.25) is 4.90 Å². The zero-order valence-electron chi connectivity index (χ0n) is 18.4. The highest BCUT2D eigenvalue weighted by atomic mass is 16.5. The van der Waals surface area contributed by atoms with Gasteiger partial charge in [-0.15, -0.1) is 0 Å². The molecule has 0 amide bonds. The molecule has 0 radical (unpaired) electrons. The lowest BCUT2D eigenvalue weighted by atomic mass is 9.87. The van der Waals surface area contributed by atoms with Gasteiger partial charge in [-0.05, 0) is 68.7 Å². The Bertz CT molecular complexity index is 829. The second-order valence-electron chi connectivity index (χ2n) is 7.76. The number of rotatable bonds is 10. The molecule has 0 bridgehead atoms. The molecule has 0 fully saturated rings. The second kappa shape index (κ2) is 9.33. The van der Waals surface area contributed by atoms with Crippen molar-refractivity contribution in [2.75, 3.05) is 14.2 Å². The standard InChI is InChI=1S/C24H33NO4/c1-16(2)24(26,17(3)4)23-10-9-20(29-23)15-25(18(5)6)14-19-11-21(27-7)13-22(12-19)28-8/h9-13,18,26H,1,3,14-15H2,2,4-8H3. The summed E-state index contributed by atoms with van der Waals surface area (Å²) in [7, 11) is 3.29. The predicted molar refractivity (Wildman–Crippen MR) is 116 cm³/mol. The largest absolute Gasteiger partial charge is 0.497 e. The van der Waals surface area contributed by atoms with Crippen LogP contribution in [0.2, 0.25) is 0 Å². The van der Waals surface area contributed by atoms with Gasteiger partial charge in [-0.25, -0.2) is 0 Å². The summed E-state index contributed by atoms with van der Waals surface area (Å²) in [6.45, 7) is 16.9. The molecule has 0 aliphatic rings. The van der Waals surface area contributed by atoms with Crippen LogP contribution in [0.5, 0.6) is 11.5 Å². The van der Waals surface area contributed by atoms with Crippen molar-refractivity contribution in [3.8, 4) is 11.5 Å². The Labute approximate surface area is 174 Å². The first-order valence-electron chi connectivity index (χ1n) is 9.71. The summed E-state index contributed by atoms with van der Waals surface area (Å²) in [5.74, 6) is 2.73. The van der Waals surface area contributed by atoms with E-state index in [0.717, 1.165) is 22.8 Å². The number of benzene rings is 1. The third-order valence-corrected chi connectivity index (χ3v) is 5.14. The van der Waals surface area contributed by atoms with Crippen molar-refractivity contribution in [3.63, 3.8) is 0 Å². The topological polar surface area (TPSA) is 55.1 Å². The Balaban J connectivity index is 2.26. The molecule has 2 aromatic rings. The molecule has 5 nitrogen and oxygen atoms in total. The van der Waals surface area contributed by atoms with E-state index in [-0.39, 0.29) is 6.04 Å². The van der Waals surface area contributed by atoms with Crippen LogP contribution in [0.3, 0.4) is 0 Å². The van der Waals surface area contributed by atoms with Crippen LogP contribution in [0.4, 0.5) is 0 Å². The molecule has 0 unspecified atom stereocenters. The molecule has 1 aromatic carbocycles. The number of hydrogen-bond donors (Lipinski definition) is 1. The van der Waals surface area contributed by atoms with Gasteiger partial charge in [0, 0.05) is 18.7 Å². The highest BCUT2D eigenvalue weighted by Crippen LogP contribution is 2.36. The molecule has 29 heavy (non-hydrogen) atoms. The molecule has 2 rings (SSSR count). The molecule has 1 aromatic heterocycles. The normalized spacial score (nSPS) is 11.8. The summed E-state index contributed by atoms with van der Waals surface area (Å²) in [6, 6.07) is 9.85. The molecular weight excluding hydrogens is 366 g/mol. The third-order valence-electron chi connectivity index (χ3n) is 5.14. The molecule has 0 atom stereocenters. The molecule has 5 heteroatoms. The first-order valence-corrected chi connectivity index (χ1v) is 9.71.